The summed E-state index contributed by atoms with van der Waals surface area (Å²) in [6.45, 7) is 2.08. The maximum absolute atomic E-state index is 11.8. The summed E-state index contributed by atoms with van der Waals surface area (Å²) in [6.07, 6.45) is 1.59. The molecule has 0 aliphatic heterocycles. The van der Waals surface area contributed by atoms with Gasteiger partial charge in [-0.05, 0) is 13.0 Å². The number of pyridine rings is 1. The van der Waals surface area contributed by atoms with E-state index in [0.29, 0.717) is 22.8 Å². The molecule has 0 N–H and O–H groups in total. The molecule has 0 atom stereocenters. The van der Waals surface area contributed by atoms with Crippen LogP contribution in [0, 0.1) is 0 Å². The van der Waals surface area contributed by atoms with Crippen LogP contribution in [0.15, 0.2) is 12.3 Å². The van der Waals surface area contributed by atoms with Crippen molar-refractivity contribution in [2.75, 3.05) is 13.7 Å². The fraction of sp³-hybridized carbons (Fsp3) is 0.273. The zero-order valence-corrected chi connectivity index (χ0v) is 10.3. The molecule has 2 radical (unpaired) electrons. The Kier molecular flexibility index (Phi) is 3.33. The van der Waals surface area contributed by atoms with Crippen LogP contribution in [0.5, 0.6) is 5.75 Å². The van der Waals surface area contributed by atoms with Crippen molar-refractivity contribution in [3.8, 4) is 5.75 Å². The van der Waals surface area contributed by atoms with Crippen molar-refractivity contribution < 1.29 is 14.3 Å². The number of methoxy groups -OCH3 is 1. The Morgan fingerprint density at radius 3 is 3.00 bits per heavy atom. The lowest BCUT2D eigenvalue weighted by atomic mass is 10.0. The van der Waals surface area contributed by atoms with E-state index in [1.807, 2.05) is 0 Å². The van der Waals surface area contributed by atoms with Gasteiger partial charge in [0, 0.05) is 21.9 Å². The number of fused-ring (bicyclic) bond motifs is 1. The van der Waals surface area contributed by atoms with Crippen LogP contribution in [0.4, 0.5) is 0 Å². The minimum atomic E-state index is -0.398. The van der Waals surface area contributed by atoms with Gasteiger partial charge in [0.2, 0.25) is 0 Å². The number of nitrogens with zero attached hydrogens (tertiary/aromatic N) is 1. The van der Waals surface area contributed by atoms with Crippen LogP contribution < -0.4 is 10.3 Å². The van der Waals surface area contributed by atoms with Crippen molar-refractivity contribution in [2.45, 2.75) is 6.92 Å². The first-order valence-electron chi connectivity index (χ1n) is 5.07. The lowest BCUT2D eigenvalue weighted by Crippen LogP contribution is -2.06. The van der Waals surface area contributed by atoms with Gasteiger partial charge in [-0.1, -0.05) is 0 Å². The molecule has 0 saturated heterocycles. The summed E-state index contributed by atoms with van der Waals surface area (Å²) in [7, 11) is 7.27. The third kappa shape index (κ3) is 2.00. The highest BCUT2D eigenvalue weighted by molar-refractivity contribution is 7.22. The van der Waals surface area contributed by atoms with E-state index in [4.69, 9.17) is 17.3 Å². The van der Waals surface area contributed by atoms with Gasteiger partial charge in [0.15, 0.2) is 10.6 Å². The monoisotopic (exact) mass is 247 g/mol. The Bertz CT molecular complexity index is 567. The number of esters is 1. The number of carbonyl (C=O) groups excluding carboxylic acids is 1. The second-order valence-electron chi connectivity index (χ2n) is 3.26. The van der Waals surface area contributed by atoms with Crippen LogP contribution in [0.3, 0.4) is 0 Å². The fourth-order valence-electron chi connectivity index (χ4n) is 1.55. The van der Waals surface area contributed by atoms with E-state index in [1.54, 1.807) is 19.2 Å². The molecule has 0 amide bonds. The molecule has 2 aromatic rings. The minimum absolute atomic E-state index is 0.323. The Balaban J connectivity index is 2.63. The summed E-state index contributed by atoms with van der Waals surface area (Å²) < 4.78 is 11.0. The number of hydrogen-bond donors (Lipinski definition) is 0. The van der Waals surface area contributed by atoms with E-state index in [9.17, 15) is 4.79 Å². The van der Waals surface area contributed by atoms with Crippen molar-refractivity contribution in [3.05, 3.63) is 17.1 Å². The van der Waals surface area contributed by atoms with Crippen LogP contribution in [-0.2, 0) is 4.74 Å². The van der Waals surface area contributed by atoms with Gasteiger partial charge in [0.1, 0.15) is 7.85 Å². The molecule has 4 nitrogen and oxygen atoms in total. The molecule has 0 fully saturated rings. The molecular formula is C11H10BNO3S. The Hall–Kier alpha value is -1.56. The third-order valence-corrected chi connectivity index (χ3v) is 3.44. The third-order valence-electron chi connectivity index (χ3n) is 2.25. The number of hydrogen-bond acceptors (Lipinski definition) is 5. The molecule has 86 valence electrons. The Morgan fingerprint density at radius 1 is 1.59 bits per heavy atom. The van der Waals surface area contributed by atoms with E-state index >= 15 is 0 Å². The van der Waals surface area contributed by atoms with Gasteiger partial charge < -0.3 is 9.47 Å². The number of rotatable bonds is 3. The van der Waals surface area contributed by atoms with Crippen LogP contribution >= 0.6 is 11.3 Å². The predicted octanol–water partition coefficient (Wildman–Crippen LogP) is 1.28. The highest BCUT2D eigenvalue weighted by atomic mass is 32.1. The summed E-state index contributed by atoms with van der Waals surface area (Å²) in [5.74, 6) is 0.0995. The summed E-state index contributed by atoms with van der Waals surface area (Å²) in [4.78, 5) is 16.2. The molecule has 0 aliphatic carbocycles. The lowest BCUT2D eigenvalue weighted by molar-refractivity contribution is 0.0529. The van der Waals surface area contributed by atoms with Crippen LogP contribution in [-0.4, -0.2) is 32.5 Å². The van der Waals surface area contributed by atoms with E-state index in [1.165, 1.54) is 18.4 Å². The first-order valence-corrected chi connectivity index (χ1v) is 5.88. The van der Waals surface area contributed by atoms with Crippen LogP contribution in [0.25, 0.3) is 10.1 Å². The molecule has 2 heterocycles. The fourth-order valence-corrected chi connectivity index (χ4v) is 2.62. The highest BCUT2D eigenvalue weighted by Gasteiger charge is 2.21. The van der Waals surface area contributed by atoms with Gasteiger partial charge in [-0.15, -0.1) is 11.3 Å². The number of ether oxygens (including phenoxy) is 2. The maximum Gasteiger partial charge on any atom is 0.352 e. The second-order valence-corrected chi connectivity index (χ2v) is 4.28. The molecule has 0 aromatic carbocycles. The van der Waals surface area contributed by atoms with Gasteiger partial charge in [-0.25, -0.2) is 4.79 Å². The van der Waals surface area contributed by atoms with Crippen molar-refractivity contribution in [1.29, 1.82) is 0 Å². The van der Waals surface area contributed by atoms with Crippen molar-refractivity contribution in [3.63, 3.8) is 0 Å². The molecule has 0 bridgehead atoms. The normalized spacial score (nSPS) is 10.5. The number of thiophene rings is 1. The molecule has 0 unspecified atom stereocenters. The molecule has 17 heavy (non-hydrogen) atoms. The van der Waals surface area contributed by atoms with Crippen molar-refractivity contribution >= 4 is 40.8 Å². The minimum Gasteiger partial charge on any atom is -0.494 e. The summed E-state index contributed by atoms with van der Waals surface area (Å²) in [5.41, 5.74) is 0.390. The molecule has 2 aromatic heterocycles. The van der Waals surface area contributed by atoms with Crippen molar-refractivity contribution in [2.24, 2.45) is 0 Å². The predicted molar refractivity (Wildman–Crippen MR) is 67.5 cm³/mol. The summed E-state index contributed by atoms with van der Waals surface area (Å²) in [5, 5.41) is 0.785. The molecule has 2 rings (SSSR count). The van der Waals surface area contributed by atoms with Gasteiger partial charge in [0.25, 0.3) is 0 Å². The first kappa shape index (κ1) is 11.9. The van der Waals surface area contributed by atoms with E-state index in [2.05, 4.69) is 4.98 Å². The zero-order chi connectivity index (χ0) is 12.4. The topological polar surface area (TPSA) is 48.4 Å². The molecule has 0 spiro atoms. The van der Waals surface area contributed by atoms with Gasteiger partial charge >= 0.3 is 5.97 Å². The second kappa shape index (κ2) is 4.75. The van der Waals surface area contributed by atoms with Crippen molar-refractivity contribution in [1.82, 2.24) is 4.98 Å². The van der Waals surface area contributed by atoms with E-state index < -0.39 is 5.97 Å². The number of aromatic nitrogens is 1. The first-order chi connectivity index (χ1) is 8.19. The lowest BCUT2D eigenvalue weighted by Gasteiger charge is -2.02. The summed E-state index contributed by atoms with van der Waals surface area (Å²) in [6, 6.07) is 1.77. The van der Waals surface area contributed by atoms with Crippen LogP contribution in [0.2, 0.25) is 0 Å². The van der Waals surface area contributed by atoms with E-state index in [-0.39, 0.29) is 0 Å². The standard InChI is InChI=1S/C11H10BNO3S/c1-3-16-11(14)9-7(15-2)6-4-5-13-10(12)8(6)17-9/h4-5H,3H2,1-2H3. The van der Waals surface area contributed by atoms with Gasteiger partial charge in [-0.2, -0.15) is 0 Å². The Labute approximate surface area is 104 Å². The largest absolute Gasteiger partial charge is 0.494 e. The molecule has 0 aliphatic rings. The Morgan fingerprint density at radius 2 is 2.35 bits per heavy atom. The van der Waals surface area contributed by atoms with Gasteiger partial charge in [-0.3, -0.25) is 4.98 Å². The van der Waals surface area contributed by atoms with Gasteiger partial charge in [0.05, 0.1) is 13.7 Å². The molecule has 0 saturated carbocycles. The maximum atomic E-state index is 11.8. The average Bonchev–Trinajstić information content (AvgIpc) is 2.69. The highest BCUT2D eigenvalue weighted by Crippen LogP contribution is 2.36. The van der Waals surface area contributed by atoms with E-state index in [0.717, 1.165) is 10.1 Å². The number of carbonyl (C=O) groups is 1. The molecule has 6 heteroatoms. The quantitative estimate of drug-likeness (QED) is 0.605. The SMILES string of the molecule is [B]c1nccc2c(OC)c(C(=O)OCC)sc12. The molecular weight excluding hydrogens is 237 g/mol. The average molecular weight is 247 g/mol. The van der Waals surface area contributed by atoms with Crippen LogP contribution in [0.1, 0.15) is 16.6 Å². The zero-order valence-electron chi connectivity index (χ0n) is 9.52. The summed E-state index contributed by atoms with van der Waals surface area (Å²) >= 11 is 1.24. The smallest absolute Gasteiger partial charge is 0.352 e.